The third-order valence-corrected chi connectivity index (χ3v) is 7.20. The molecule has 0 bridgehead atoms. The van der Waals surface area contributed by atoms with E-state index in [1.807, 2.05) is 41.0 Å². The molecule has 1 saturated carbocycles. The van der Waals surface area contributed by atoms with Gasteiger partial charge in [0.1, 0.15) is 5.82 Å². The summed E-state index contributed by atoms with van der Waals surface area (Å²) in [5, 5.41) is 0. The molecule has 2 fully saturated rings. The highest BCUT2D eigenvalue weighted by atomic mass is 19.1. The van der Waals surface area contributed by atoms with Gasteiger partial charge in [0.25, 0.3) is 5.91 Å². The van der Waals surface area contributed by atoms with Crippen LogP contribution in [-0.4, -0.2) is 65.8 Å². The molecule has 0 spiro atoms. The Morgan fingerprint density at radius 2 is 1.56 bits per heavy atom. The Bertz CT molecular complexity index is 947. The number of benzene rings is 2. The van der Waals surface area contributed by atoms with Crippen LogP contribution in [0.2, 0.25) is 0 Å². The van der Waals surface area contributed by atoms with E-state index in [0.717, 1.165) is 62.0 Å². The second-order valence-electron chi connectivity index (χ2n) is 9.72. The van der Waals surface area contributed by atoms with Crippen LogP contribution in [0, 0.1) is 18.7 Å². The van der Waals surface area contributed by atoms with Crippen molar-refractivity contribution < 1.29 is 14.0 Å². The summed E-state index contributed by atoms with van der Waals surface area (Å²) in [5.74, 6) is 0.174. The van der Waals surface area contributed by atoms with Gasteiger partial charge in [-0.25, -0.2) is 4.39 Å². The molecule has 0 N–H and O–H groups in total. The average Bonchev–Trinajstić information content (AvgIpc) is 2.88. The van der Waals surface area contributed by atoms with Crippen LogP contribution in [0.4, 0.5) is 4.39 Å². The number of carbonyl (C=O) groups is 2. The van der Waals surface area contributed by atoms with Crippen molar-refractivity contribution in [3.05, 3.63) is 71.0 Å². The molecule has 4 rings (SSSR count). The number of piperazine rings is 1. The zero-order valence-corrected chi connectivity index (χ0v) is 20.2. The number of hydrogen-bond acceptors (Lipinski definition) is 3. The van der Waals surface area contributed by atoms with Gasteiger partial charge in [0, 0.05) is 57.3 Å². The molecule has 1 aliphatic heterocycles. The van der Waals surface area contributed by atoms with Crippen molar-refractivity contribution in [2.45, 2.75) is 45.6 Å². The van der Waals surface area contributed by atoms with Gasteiger partial charge in [0.15, 0.2) is 0 Å². The first-order valence-electron chi connectivity index (χ1n) is 12.6. The van der Waals surface area contributed by atoms with Crippen molar-refractivity contribution in [2.24, 2.45) is 5.92 Å². The first-order chi connectivity index (χ1) is 16.5. The predicted octanol–water partition coefficient (Wildman–Crippen LogP) is 4.50. The molecule has 0 radical (unpaired) electrons. The molecule has 1 aliphatic carbocycles. The zero-order chi connectivity index (χ0) is 23.9. The highest BCUT2D eigenvalue weighted by Gasteiger charge is 2.27. The second-order valence-corrected chi connectivity index (χ2v) is 9.72. The standard InChI is InChI=1S/C28H36FN3O2/c1-22-7-11-25(12-8-22)27(33)31-18-15-30(16-19-31)17-20-32(21-23-9-13-26(29)14-10-23)28(34)24-5-3-2-4-6-24/h7-14,24H,2-6,15-21H2,1H3. The Morgan fingerprint density at radius 3 is 2.21 bits per heavy atom. The molecule has 2 aromatic rings. The van der Waals surface area contributed by atoms with Crippen molar-refractivity contribution in [3.8, 4) is 0 Å². The smallest absolute Gasteiger partial charge is 0.253 e. The summed E-state index contributed by atoms with van der Waals surface area (Å²) in [7, 11) is 0. The van der Waals surface area contributed by atoms with Gasteiger partial charge in [0.2, 0.25) is 5.91 Å². The van der Waals surface area contributed by atoms with E-state index in [4.69, 9.17) is 0 Å². The maximum Gasteiger partial charge on any atom is 0.253 e. The molecule has 0 unspecified atom stereocenters. The van der Waals surface area contributed by atoms with E-state index in [-0.39, 0.29) is 23.5 Å². The number of halogens is 1. The first kappa shape index (κ1) is 24.4. The van der Waals surface area contributed by atoms with Crippen LogP contribution in [0.1, 0.15) is 53.6 Å². The largest absolute Gasteiger partial charge is 0.337 e. The highest BCUT2D eigenvalue weighted by Crippen LogP contribution is 2.26. The maximum atomic E-state index is 13.4. The van der Waals surface area contributed by atoms with Gasteiger partial charge in [-0.3, -0.25) is 14.5 Å². The van der Waals surface area contributed by atoms with Crippen LogP contribution in [0.15, 0.2) is 48.5 Å². The summed E-state index contributed by atoms with van der Waals surface area (Å²) < 4.78 is 13.4. The van der Waals surface area contributed by atoms with Crippen LogP contribution in [0.3, 0.4) is 0 Å². The van der Waals surface area contributed by atoms with Crippen LogP contribution < -0.4 is 0 Å². The van der Waals surface area contributed by atoms with E-state index in [9.17, 15) is 14.0 Å². The summed E-state index contributed by atoms with van der Waals surface area (Å²) in [5.41, 5.74) is 2.84. The molecule has 0 aromatic heterocycles. The van der Waals surface area contributed by atoms with E-state index in [1.54, 1.807) is 12.1 Å². The molecule has 1 heterocycles. The number of hydrogen-bond donors (Lipinski definition) is 0. The minimum atomic E-state index is -0.257. The minimum absolute atomic E-state index is 0.0880. The molecule has 2 amide bonds. The number of rotatable bonds is 7. The normalized spacial score (nSPS) is 17.5. The van der Waals surface area contributed by atoms with Crippen molar-refractivity contribution in [3.63, 3.8) is 0 Å². The van der Waals surface area contributed by atoms with Gasteiger partial charge in [-0.2, -0.15) is 0 Å². The lowest BCUT2D eigenvalue weighted by molar-refractivity contribution is -0.137. The summed E-state index contributed by atoms with van der Waals surface area (Å²) in [6.07, 6.45) is 5.40. The van der Waals surface area contributed by atoms with Gasteiger partial charge in [0.05, 0.1) is 0 Å². The van der Waals surface area contributed by atoms with Crippen LogP contribution in [0.5, 0.6) is 0 Å². The van der Waals surface area contributed by atoms with E-state index in [1.165, 1.54) is 18.6 Å². The molecule has 2 aliphatic rings. The third-order valence-electron chi connectivity index (χ3n) is 7.20. The molecule has 182 valence electrons. The van der Waals surface area contributed by atoms with E-state index in [2.05, 4.69) is 4.90 Å². The first-order valence-corrected chi connectivity index (χ1v) is 12.6. The van der Waals surface area contributed by atoms with Crippen molar-refractivity contribution >= 4 is 11.8 Å². The molecule has 5 nitrogen and oxygen atoms in total. The highest BCUT2D eigenvalue weighted by molar-refractivity contribution is 5.94. The fourth-order valence-corrected chi connectivity index (χ4v) is 5.00. The van der Waals surface area contributed by atoms with Crippen LogP contribution in [0.25, 0.3) is 0 Å². The number of aryl methyl sites for hydroxylation is 1. The number of carbonyl (C=O) groups excluding carboxylic acids is 2. The lowest BCUT2D eigenvalue weighted by Crippen LogP contribution is -2.51. The van der Waals surface area contributed by atoms with Gasteiger partial charge in [-0.1, -0.05) is 49.1 Å². The lowest BCUT2D eigenvalue weighted by Gasteiger charge is -2.36. The summed E-state index contributed by atoms with van der Waals surface area (Å²) in [6.45, 7) is 6.97. The van der Waals surface area contributed by atoms with Crippen molar-refractivity contribution in [1.29, 1.82) is 0 Å². The molecular weight excluding hydrogens is 429 g/mol. The SMILES string of the molecule is Cc1ccc(C(=O)N2CCN(CCN(Cc3ccc(F)cc3)C(=O)C3CCCCC3)CC2)cc1. The number of amides is 2. The van der Waals surface area contributed by atoms with Gasteiger partial charge >= 0.3 is 0 Å². The Hall–Kier alpha value is -2.73. The Morgan fingerprint density at radius 1 is 0.912 bits per heavy atom. The molecule has 1 saturated heterocycles. The fourth-order valence-electron chi connectivity index (χ4n) is 5.00. The van der Waals surface area contributed by atoms with Crippen LogP contribution in [-0.2, 0) is 11.3 Å². The summed E-state index contributed by atoms with van der Waals surface area (Å²) >= 11 is 0. The Balaban J connectivity index is 1.32. The van der Waals surface area contributed by atoms with Crippen molar-refractivity contribution in [2.75, 3.05) is 39.3 Å². The number of nitrogens with zero attached hydrogens (tertiary/aromatic N) is 3. The second kappa shape index (κ2) is 11.6. The third kappa shape index (κ3) is 6.44. The van der Waals surface area contributed by atoms with Crippen molar-refractivity contribution in [1.82, 2.24) is 14.7 Å². The van der Waals surface area contributed by atoms with E-state index < -0.39 is 0 Å². The van der Waals surface area contributed by atoms with Gasteiger partial charge in [-0.15, -0.1) is 0 Å². The summed E-state index contributed by atoms with van der Waals surface area (Å²) in [4.78, 5) is 32.4. The predicted molar refractivity (Wildman–Crippen MR) is 132 cm³/mol. The topological polar surface area (TPSA) is 43.9 Å². The molecular formula is C28H36FN3O2. The fraction of sp³-hybridized carbons (Fsp3) is 0.500. The van der Waals surface area contributed by atoms with Gasteiger partial charge in [-0.05, 0) is 49.6 Å². The van der Waals surface area contributed by atoms with Crippen LogP contribution >= 0.6 is 0 Å². The Labute approximate surface area is 202 Å². The summed E-state index contributed by atoms with van der Waals surface area (Å²) in [6, 6.07) is 14.2. The van der Waals surface area contributed by atoms with Gasteiger partial charge < -0.3 is 9.80 Å². The molecule has 0 atom stereocenters. The lowest BCUT2D eigenvalue weighted by atomic mass is 9.88. The quantitative estimate of drug-likeness (QED) is 0.605. The zero-order valence-electron chi connectivity index (χ0n) is 20.2. The molecule has 6 heteroatoms. The van der Waals surface area contributed by atoms with E-state index in [0.29, 0.717) is 26.2 Å². The average molecular weight is 466 g/mol. The molecule has 2 aromatic carbocycles. The maximum absolute atomic E-state index is 13.4. The Kier molecular flexibility index (Phi) is 8.33. The monoisotopic (exact) mass is 465 g/mol. The molecule has 34 heavy (non-hydrogen) atoms. The van der Waals surface area contributed by atoms with E-state index >= 15 is 0 Å². The minimum Gasteiger partial charge on any atom is -0.337 e.